The quantitative estimate of drug-likeness (QED) is 0.693. The SMILES string of the molecule is CCOC(=O)c1cccc(NC(=O)Cc2ccc(S(=O)(=O)N3CCCC3)s2)c1. The summed E-state index contributed by atoms with van der Waals surface area (Å²) < 4.78 is 31.8. The first-order chi connectivity index (χ1) is 13.4. The molecule has 1 aromatic heterocycles. The van der Waals surface area contributed by atoms with Gasteiger partial charge in [0.1, 0.15) is 4.21 Å². The Morgan fingerprint density at radius 3 is 2.64 bits per heavy atom. The number of carbonyl (C=O) groups is 2. The molecule has 1 aliphatic heterocycles. The van der Waals surface area contributed by atoms with Crippen LogP contribution in [0.15, 0.2) is 40.6 Å². The number of benzene rings is 1. The minimum absolute atomic E-state index is 0.0593. The van der Waals surface area contributed by atoms with Crippen molar-refractivity contribution in [1.29, 1.82) is 0 Å². The summed E-state index contributed by atoms with van der Waals surface area (Å²) in [5.74, 6) is -0.735. The van der Waals surface area contributed by atoms with Crippen LogP contribution in [0.1, 0.15) is 35.0 Å². The minimum Gasteiger partial charge on any atom is -0.462 e. The topological polar surface area (TPSA) is 92.8 Å². The molecule has 0 bridgehead atoms. The summed E-state index contributed by atoms with van der Waals surface area (Å²) in [6, 6.07) is 9.73. The molecule has 7 nitrogen and oxygen atoms in total. The number of hydrogen-bond donors (Lipinski definition) is 1. The van der Waals surface area contributed by atoms with Crippen LogP contribution < -0.4 is 5.32 Å². The predicted octanol–water partition coefficient (Wildman–Crippen LogP) is 2.89. The molecule has 0 unspecified atom stereocenters. The molecular formula is C19H22N2O5S2. The maximum atomic E-state index is 12.6. The van der Waals surface area contributed by atoms with Gasteiger partial charge in [-0.05, 0) is 50.1 Å². The monoisotopic (exact) mass is 422 g/mol. The molecule has 1 amide bonds. The number of hydrogen-bond acceptors (Lipinski definition) is 6. The fourth-order valence-corrected chi connectivity index (χ4v) is 5.98. The number of ether oxygens (including phenoxy) is 1. The van der Waals surface area contributed by atoms with Gasteiger partial charge < -0.3 is 10.1 Å². The van der Waals surface area contributed by atoms with Crippen molar-refractivity contribution in [2.45, 2.75) is 30.4 Å². The second-order valence-corrected chi connectivity index (χ2v) is 9.69. The summed E-state index contributed by atoms with van der Waals surface area (Å²) in [5.41, 5.74) is 0.840. The number of nitrogens with zero attached hydrogens (tertiary/aromatic N) is 1. The van der Waals surface area contributed by atoms with Gasteiger partial charge in [-0.3, -0.25) is 4.79 Å². The molecule has 1 fully saturated rings. The Morgan fingerprint density at radius 1 is 1.18 bits per heavy atom. The number of thiophene rings is 1. The number of amides is 1. The largest absolute Gasteiger partial charge is 0.462 e. The van der Waals surface area contributed by atoms with Gasteiger partial charge in [-0.25, -0.2) is 13.2 Å². The van der Waals surface area contributed by atoms with Gasteiger partial charge in [0.25, 0.3) is 10.0 Å². The Kier molecular flexibility index (Phi) is 6.48. The van der Waals surface area contributed by atoms with Crippen molar-refractivity contribution < 1.29 is 22.7 Å². The zero-order chi connectivity index (χ0) is 20.1. The van der Waals surface area contributed by atoms with Crippen molar-refractivity contribution in [3.63, 3.8) is 0 Å². The van der Waals surface area contributed by atoms with Crippen LogP contribution in [0.4, 0.5) is 5.69 Å². The van der Waals surface area contributed by atoms with E-state index in [1.54, 1.807) is 43.3 Å². The number of anilines is 1. The highest BCUT2D eigenvalue weighted by molar-refractivity contribution is 7.91. The van der Waals surface area contributed by atoms with Crippen molar-refractivity contribution in [1.82, 2.24) is 4.31 Å². The molecule has 0 spiro atoms. The molecule has 0 atom stereocenters. The van der Waals surface area contributed by atoms with E-state index < -0.39 is 16.0 Å². The Labute approximate surface area is 168 Å². The van der Waals surface area contributed by atoms with Crippen LogP contribution in [-0.2, 0) is 26.0 Å². The van der Waals surface area contributed by atoms with E-state index >= 15 is 0 Å². The Bertz CT molecular complexity index is 962. The number of esters is 1. The van der Waals surface area contributed by atoms with E-state index in [1.807, 2.05) is 0 Å². The molecule has 1 aliphatic rings. The van der Waals surface area contributed by atoms with Crippen LogP contribution in [0.5, 0.6) is 0 Å². The summed E-state index contributed by atoms with van der Waals surface area (Å²) in [5, 5.41) is 2.73. The fraction of sp³-hybridized carbons (Fsp3) is 0.368. The molecule has 0 radical (unpaired) electrons. The van der Waals surface area contributed by atoms with E-state index in [9.17, 15) is 18.0 Å². The normalized spacial score (nSPS) is 14.8. The third kappa shape index (κ3) is 4.78. The highest BCUT2D eigenvalue weighted by Crippen LogP contribution is 2.27. The summed E-state index contributed by atoms with van der Waals surface area (Å²) in [7, 11) is -3.46. The van der Waals surface area contributed by atoms with Gasteiger partial charge in [0.2, 0.25) is 5.91 Å². The van der Waals surface area contributed by atoms with E-state index in [1.165, 1.54) is 4.31 Å². The average Bonchev–Trinajstić information content (AvgIpc) is 3.34. The molecule has 28 heavy (non-hydrogen) atoms. The van der Waals surface area contributed by atoms with Gasteiger partial charge in [-0.2, -0.15) is 4.31 Å². The highest BCUT2D eigenvalue weighted by atomic mass is 32.2. The van der Waals surface area contributed by atoms with E-state index in [4.69, 9.17) is 4.74 Å². The lowest BCUT2D eigenvalue weighted by molar-refractivity contribution is -0.115. The Hall–Kier alpha value is -2.23. The van der Waals surface area contributed by atoms with Crippen molar-refractivity contribution in [3.05, 3.63) is 46.8 Å². The van der Waals surface area contributed by atoms with Crippen LogP contribution in [-0.4, -0.2) is 44.3 Å². The molecule has 1 N–H and O–H groups in total. The standard InChI is InChI=1S/C19H22N2O5S2/c1-2-26-19(23)14-6-5-7-15(12-14)20-17(22)13-16-8-9-18(27-16)28(24,25)21-10-3-4-11-21/h5-9,12H,2-4,10-11,13H2,1H3,(H,20,22). The van der Waals surface area contributed by atoms with Crippen molar-refractivity contribution in [2.75, 3.05) is 25.0 Å². The molecular weight excluding hydrogens is 400 g/mol. The van der Waals surface area contributed by atoms with Gasteiger partial charge in [-0.1, -0.05) is 6.07 Å². The van der Waals surface area contributed by atoms with Crippen molar-refractivity contribution in [2.24, 2.45) is 0 Å². The smallest absolute Gasteiger partial charge is 0.338 e. The first kappa shape index (κ1) is 20.5. The molecule has 0 aliphatic carbocycles. The zero-order valence-electron chi connectivity index (χ0n) is 15.5. The number of sulfonamides is 1. The van der Waals surface area contributed by atoms with Gasteiger partial charge in [0.05, 0.1) is 18.6 Å². The van der Waals surface area contributed by atoms with Crippen LogP contribution in [0, 0.1) is 0 Å². The van der Waals surface area contributed by atoms with E-state index in [2.05, 4.69) is 5.32 Å². The molecule has 2 heterocycles. The zero-order valence-corrected chi connectivity index (χ0v) is 17.1. The Balaban J connectivity index is 1.64. The van der Waals surface area contributed by atoms with Crippen LogP contribution >= 0.6 is 11.3 Å². The third-order valence-electron chi connectivity index (χ3n) is 4.29. The van der Waals surface area contributed by atoms with E-state index in [0.717, 1.165) is 24.2 Å². The van der Waals surface area contributed by atoms with Gasteiger partial charge in [0.15, 0.2) is 0 Å². The fourth-order valence-electron chi connectivity index (χ4n) is 2.95. The molecule has 1 aromatic carbocycles. The highest BCUT2D eigenvalue weighted by Gasteiger charge is 2.28. The number of carbonyl (C=O) groups excluding carboxylic acids is 2. The van der Waals surface area contributed by atoms with Crippen LogP contribution in [0.2, 0.25) is 0 Å². The summed E-state index contributed by atoms with van der Waals surface area (Å²) in [6.45, 7) is 3.10. The Morgan fingerprint density at radius 2 is 1.93 bits per heavy atom. The lowest BCUT2D eigenvalue weighted by atomic mass is 10.2. The van der Waals surface area contributed by atoms with Crippen molar-refractivity contribution in [3.8, 4) is 0 Å². The summed E-state index contributed by atoms with van der Waals surface area (Å²) in [6.07, 6.45) is 1.82. The summed E-state index contributed by atoms with van der Waals surface area (Å²) in [4.78, 5) is 24.8. The molecule has 0 saturated carbocycles. The van der Waals surface area contributed by atoms with Crippen LogP contribution in [0.3, 0.4) is 0 Å². The number of nitrogens with one attached hydrogen (secondary N) is 1. The second kappa shape index (κ2) is 8.85. The molecule has 9 heteroatoms. The minimum atomic E-state index is -3.46. The lowest BCUT2D eigenvalue weighted by Gasteiger charge is -2.13. The second-order valence-electron chi connectivity index (χ2n) is 6.36. The van der Waals surface area contributed by atoms with E-state index in [0.29, 0.717) is 29.2 Å². The molecule has 3 rings (SSSR count). The van der Waals surface area contributed by atoms with Gasteiger partial charge in [0, 0.05) is 23.7 Å². The molecule has 2 aromatic rings. The summed E-state index contributed by atoms with van der Waals surface area (Å²) >= 11 is 1.12. The lowest BCUT2D eigenvalue weighted by Crippen LogP contribution is -2.27. The van der Waals surface area contributed by atoms with Crippen molar-refractivity contribution >= 4 is 38.9 Å². The van der Waals surface area contributed by atoms with Gasteiger partial charge >= 0.3 is 5.97 Å². The maximum Gasteiger partial charge on any atom is 0.338 e. The van der Waals surface area contributed by atoms with Crippen LogP contribution in [0.25, 0.3) is 0 Å². The average molecular weight is 423 g/mol. The van der Waals surface area contributed by atoms with Gasteiger partial charge in [-0.15, -0.1) is 11.3 Å². The molecule has 150 valence electrons. The maximum absolute atomic E-state index is 12.6. The van der Waals surface area contributed by atoms with E-state index in [-0.39, 0.29) is 23.1 Å². The third-order valence-corrected chi connectivity index (χ3v) is 7.74. The molecule has 1 saturated heterocycles. The number of rotatable bonds is 7. The first-order valence-corrected chi connectivity index (χ1v) is 11.3. The first-order valence-electron chi connectivity index (χ1n) is 9.06. The predicted molar refractivity (Wildman–Crippen MR) is 107 cm³/mol.